The van der Waals surface area contributed by atoms with Gasteiger partial charge >= 0.3 is 0 Å². The summed E-state index contributed by atoms with van der Waals surface area (Å²) in [7, 11) is 0. The largest absolute Gasteiger partial charge is 0.0845 e. The Morgan fingerprint density at radius 2 is 1.31 bits per heavy atom. The van der Waals surface area contributed by atoms with Crippen LogP contribution in [0, 0.1) is 80.8 Å². The van der Waals surface area contributed by atoms with Gasteiger partial charge in [0, 0.05) is 0 Å². The van der Waals surface area contributed by atoms with Crippen molar-refractivity contribution < 1.29 is 0 Å². The Morgan fingerprint density at radius 1 is 0.692 bits per heavy atom. The lowest BCUT2D eigenvalue weighted by atomic mass is 9.53. The normalized spacial score (nSPS) is 64.0. The van der Waals surface area contributed by atoms with Crippen molar-refractivity contribution in [2.24, 2.45) is 80.8 Å². The van der Waals surface area contributed by atoms with Crippen LogP contribution in [0.1, 0.15) is 68.2 Å². The summed E-state index contributed by atoms with van der Waals surface area (Å²) in [5.74, 6) is 9.58. The van der Waals surface area contributed by atoms with Crippen molar-refractivity contribution in [2.45, 2.75) is 68.2 Å². The molecular formula is C26H40. The van der Waals surface area contributed by atoms with Crippen LogP contribution in [-0.2, 0) is 0 Å². The summed E-state index contributed by atoms with van der Waals surface area (Å²) in [6, 6.07) is 0. The van der Waals surface area contributed by atoms with Crippen LogP contribution in [0.15, 0.2) is 12.2 Å². The van der Waals surface area contributed by atoms with Crippen LogP contribution in [0.5, 0.6) is 0 Å². The molecular weight excluding hydrogens is 312 g/mol. The Bertz CT molecular complexity index is 708. The lowest BCUT2D eigenvalue weighted by Crippen LogP contribution is -2.46. The second-order valence-corrected chi connectivity index (χ2v) is 13.6. The highest BCUT2D eigenvalue weighted by molar-refractivity contribution is 5.33. The number of hydrogen-bond acceptors (Lipinski definition) is 0. The molecule has 0 aromatic carbocycles. The summed E-state index contributed by atoms with van der Waals surface area (Å²) in [4.78, 5) is 0. The van der Waals surface area contributed by atoms with Gasteiger partial charge in [-0.25, -0.2) is 0 Å². The first-order chi connectivity index (χ1) is 12.0. The Kier molecular flexibility index (Phi) is 2.68. The third-order valence-electron chi connectivity index (χ3n) is 12.3. The first kappa shape index (κ1) is 16.7. The van der Waals surface area contributed by atoms with Gasteiger partial charge in [0.2, 0.25) is 0 Å². The monoisotopic (exact) mass is 352 g/mol. The Balaban J connectivity index is 1.51. The molecule has 6 aliphatic rings. The van der Waals surface area contributed by atoms with Gasteiger partial charge in [-0.2, -0.15) is 0 Å². The summed E-state index contributed by atoms with van der Waals surface area (Å²) < 4.78 is 0. The second kappa shape index (κ2) is 4.18. The van der Waals surface area contributed by atoms with E-state index in [1.54, 1.807) is 6.42 Å². The van der Waals surface area contributed by atoms with Crippen molar-refractivity contribution in [3.63, 3.8) is 0 Å². The predicted molar refractivity (Wildman–Crippen MR) is 108 cm³/mol. The minimum absolute atomic E-state index is 0.516. The van der Waals surface area contributed by atoms with Crippen LogP contribution in [-0.4, -0.2) is 0 Å². The average molecular weight is 353 g/mol. The molecule has 5 saturated carbocycles. The SMILES string of the molecule is CC1C(C)C2C3C(C4CC5(CC6C=CC5C6(C)C)C3C4(C)C)C1C2(C)C. The Labute approximate surface area is 161 Å². The zero-order chi connectivity index (χ0) is 18.6. The topological polar surface area (TPSA) is 0 Å². The molecule has 0 saturated heterocycles. The van der Waals surface area contributed by atoms with E-state index in [2.05, 4.69) is 67.5 Å². The summed E-state index contributed by atoms with van der Waals surface area (Å²) in [6.07, 6.45) is 8.35. The van der Waals surface area contributed by atoms with Crippen LogP contribution in [0.25, 0.3) is 0 Å². The highest BCUT2D eigenvalue weighted by Gasteiger charge is 2.81. The van der Waals surface area contributed by atoms with E-state index in [0.29, 0.717) is 21.7 Å². The molecule has 26 heavy (non-hydrogen) atoms. The molecule has 0 radical (unpaired) electrons. The summed E-state index contributed by atoms with van der Waals surface area (Å²) in [6.45, 7) is 21.1. The molecule has 144 valence electrons. The highest BCUT2D eigenvalue weighted by Crippen LogP contribution is 2.86. The number of rotatable bonds is 0. The number of allylic oxidation sites excluding steroid dienone is 2. The molecule has 5 fully saturated rings. The maximum atomic E-state index is 2.69. The van der Waals surface area contributed by atoms with Crippen molar-refractivity contribution in [3.05, 3.63) is 12.2 Å². The van der Waals surface area contributed by atoms with E-state index in [1.165, 1.54) is 6.42 Å². The van der Waals surface area contributed by atoms with Crippen molar-refractivity contribution in [1.29, 1.82) is 0 Å². The molecule has 1 spiro atoms. The first-order valence-corrected chi connectivity index (χ1v) is 11.7. The van der Waals surface area contributed by atoms with E-state index < -0.39 is 0 Å². The molecule has 6 rings (SSSR count). The third kappa shape index (κ3) is 1.37. The molecule has 0 nitrogen and oxygen atoms in total. The van der Waals surface area contributed by atoms with Gasteiger partial charge in [-0.1, -0.05) is 67.5 Å². The number of fused-ring (bicyclic) bond motifs is 13. The maximum absolute atomic E-state index is 2.69. The van der Waals surface area contributed by atoms with Gasteiger partial charge in [0.15, 0.2) is 0 Å². The van der Waals surface area contributed by atoms with Crippen molar-refractivity contribution in [3.8, 4) is 0 Å². The molecule has 0 aromatic heterocycles. The second-order valence-electron chi connectivity index (χ2n) is 13.6. The minimum atomic E-state index is 0.516. The van der Waals surface area contributed by atoms with E-state index in [1.807, 2.05) is 0 Å². The van der Waals surface area contributed by atoms with Gasteiger partial charge < -0.3 is 0 Å². The average Bonchev–Trinajstić information content (AvgIpc) is 3.18. The summed E-state index contributed by atoms with van der Waals surface area (Å²) in [5, 5.41) is 0. The third-order valence-corrected chi connectivity index (χ3v) is 12.3. The molecule has 0 amide bonds. The first-order valence-electron chi connectivity index (χ1n) is 11.7. The van der Waals surface area contributed by atoms with E-state index in [0.717, 1.165) is 59.2 Å². The van der Waals surface area contributed by atoms with Crippen LogP contribution in [0.2, 0.25) is 0 Å². The van der Waals surface area contributed by atoms with Crippen molar-refractivity contribution in [2.75, 3.05) is 0 Å². The Hall–Kier alpha value is -0.260. The van der Waals surface area contributed by atoms with Gasteiger partial charge in [0.05, 0.1) is 0 Å². The standard InChI is InChI=1S/C26H40/c1-13-14(2)21-19-18(20(13)25(21,7)8)16-12-26(22(19)24(16,5)6)11-15-9-10-17(26)23(15,3)4/h9-10,13-22H,11-12H2,1-8H3. The zero-order valence-corrected chi connectivity index (χ0v) is 18.3. The van der Waals surface area contributed by atoms with Gasteiger partial charge in [-0.3, -0.25) is 0 Å². The number of hydrogen-bond donors (Lipinski definition) is 0. The lowest BCUT2D eigenvalue weighted by molar-refractivity contribution is -0.0292. The minimum Gasteiger partial charge on any atom is -0.0845 e. The smallest absolute Gasteiger partial charge is 0.0116 e. The Morgan fingerprint density at radius 3 is 1.85 bits per heavy atom. The predicted octanol–water partition coefficient (Wildman–Crippen LogP) is 6.67. The molecule has 0 aromatic rings. The van der Waals surface area contributed by atoms with Crippen molar-refractivity contribution in [1.82, 2.24) is 0 Å². The van der Waals surface area contributed by atoms with Gasteiger partial charge in [-0.05, 0) is 93.7 Å². The van der Waals surface area contributed by atoms with Crippen LogP contribution in [0.4, 0.5) is 0 Å². The van der Waals surface area contributed by atoms with Gasteiger partial charge in [0.25, 0.3) is 0 Å². The van der Waals surface area contributed by atoms with Crippen LogP contribution in [0.3, 0.4) is 0 Å². The molecule has 11 unspecified atom stereocenters. The molecule has 6 bridgehead atoms. The fraction of sp³-hybridized carbons (Fsp3) is 0.923. The van der Waals surface area contributed by atoms with Crippen LogP contribution >= 0.6 is 0 Å². The van der Waals surface area contributed by atoms with E-state index in [4.69, 9.17) is 0 Å². The van der Waals surface area contributed by atoms with E-state index in [-0.39, 0.29) is 0 Å². The van der Waals surface area contributed by atoms with Crippen LogP contribution < -0.4 is 0 Å². The quantitative estimate of drug-likeness (QED) is 0.337. The lowest BCUT2D eigenvalue weighted by Gasteiger charge is -2.51. The zero-order valence-electron chi connectivity index (χ0n) is 18.3. The fourth-order valence-corrected chi connectivity index (χ4v) is 11.9. The van der Waals surface area contributed by atoms with Gasteiger partial charge in [-0.15, -0.1) is 0 Å². The molecule has 0 aliphatic heterocycles. The van der Waals surface area contributed by atoms with Crippen molar-refractivity contribution >= 4 is 0 Å². The molecule has 0 heteroatoms. The maximum Gasteiger partial charge on any atom is -0.0116 e. The summed E-state index contributed by atoms with van der Waals surface area (Å²) >= 11 is 0. The molecule has 0 heterocycles. The highest BCUT2D eigenvalue weighted by atomic mass is 14.9. The molecule has 6 aliphatic carbocycles. The summed E-state index contributed by atoms with van der Waals surface area (Å²) in [5.41, 5.74) is 2.31. The molecule has 11 atom stereocenters. The van der Waals surface area contributed by atoms with E-state index in [9.17, 15) is 0 Å². The van der Waals surface area contributed by atoms with E-state index >= 15 is 0 Å². The molecule has 0 N–H and O–H groups in total. The van der Waals surface area contributed by atoms with Gasteiger partial charge in [0.1, 0.15) is 0 Å². The fourth-order valence-electron chi connectivity index (χ4n) is 11.9.